The average molecular weight is 368 g/mol. The molecule has 0 unspecified atom stereocenters. The van der Waals surface area contributed by atoms with Crippen molar-refractivity contribution in [2.45, 2.75) is 6.61 Å². The van der Waals surface area contributed by atoms with Crippen LogP contribution < -0.4 is 14.8 Å². The van der Waals surface area contributed by atoms with Gasteiger partial charge in [0.05, 0.1) is 7.11 Å². The first-order chi connectivity index (χ1) is 12.7. The van der Waals surface area contributed by atoms with Gasteiger partial charge in [0, 0.05) is 21.8 Å². The highest BCUT2D eigenvalue weighted by molar-refractivity contribution is 6.31. The molecule has 1 N–H and O–H groups in total. The van der Waals surface area contributed by atoms with Crippen LogP contribution in [-0.4, -0.2) is 13.0 Å². The van der Waals surface area contributed by atoms with E-state index in [1.165, 1.54) is 0 Å². The first-order valence-electron chi connectivity index (χ1n) is 8.07. The van der Waals surface area contributed by atoms with Crippen LogP contribution in [0, 0.1) is 0 Å². The average Bonchev–Trinajstić information content (AvgIpc) is 2.68. The normalized spacial score (nSPS) is 10.2. The number of carbonyl (C=O) groups is 1. The maximum Gasteiger partial charge on any atom is 0.255 e. The maximum atomic E-state index is 12.3. The van der Waals surface area contributed by atoms with Crippen LogP contribution in [0.5, 0.6) is 11.5 Å². The second kappa shape index (κ2) is 8.41. The summed E-state index contributed by atoms with van der Waals surface area (Å²) >= 11 is 6.11. The molecule has 1 amide bonds. The summed E-state index contributed by atoms with van der Waals surface area (Å²) in [6, 6.07) is 21.7. The van der Waals surface area contributed by atoms with Crippen molar-refractivity contribution in [3.05, 3.63) is 88.9 Å². The largest absolute Gasteiger partial charge is 0.497 e. The van der Waals surface area contributed by atoms with Gasteiger partial charge in [0.1, 0.15) is 18.1 Å². The van der Waals surface area contributed by atoms with Crippen molar-refractivity contribution in [3.8, 4) is 11.5 Å². The summed E-state index contributed by atoms with van der Waals surface area (Å²) in [6.45, 7) is 0.372. The molecule has 0 aliphatic heterocycles. The Morgan fingerprint density at radius 2 is 1.58 bits per heavy atom. The van der Waals surface area contributed by atoms with E-state index in [-0.39, 0.29) is 5.91 Å². The summed E-state index contributed by atoms with van der Waals surface area (Å²) in [4.78, 5) is 12.3. The van der Waals surface area contributed by atoms with E-state index in [1.54, 1.807) is 55.6 Å². The molecule has 4 nitrogen and oxygen atoms in total. The summed E-state index contributed by atoms with van der Waals surface area (Å²) < 4.78 is 10.8. The molecule has 0 fully saturated rings. The van der Waals surface area contributed by atoms with Crippen LogP contribution in [0.2, 0.25) is 5.02 Å². The SMILES string of the molecule is COc1ccc(NC(=O)c2ccc(OCc3ccccc3Cl)cc2)cc1. The number of rotatable bonds is 6. The number of hydrogen-bond acceptors (Lipinski definition) is 3. The molecule has 0 heterocycles. The van der Waals surface area contributed by atoms with Gasteiger partial charge < -0.3 is 14.8 Å². The second-order valence-corrected chi connectivity index (χ2v) is 5.99. The Bertz CT molecular complexity index is 877. The van der Waals surface area contributed by atoms with Crippen molar-refractivity contribution in [1.82, 2.24) is 0 Å². The zero-order valence-corrected chi connectivity index (χ0v) is 15.0. The fourth-order valence-electron chi connectivity index (χ4n) is 2.36. The van der Waals surface area contributed by atoms with E-state index in [9.17, 15) is 4.79 Å². The van der Waals surface area contributed by atoms with Crippen LogP contribution in [0.1, 0.15) is 15.9 Å². The molecule has 0 spiro atoms. The lowest BCUT2D eigenvalue weighted by Gasteiger charge is -2.09. The number of benzene rings is 3. The monoisotopic (exact) mass is 367 g/mol. The Morgan fingerprint density at radius 3 is 2.23 bits per heavy atom. The molecule has 132 valence electrons. The smallest absolute Gasteiger partial charge is 0.255 e. The highest BCUT2D eigenvalue weighted by Crippen LogP contribution is 2.20. The van der Waals surface area contributed by atoms with Crippen molar-refractivity contribution in [2.24, 2.45) is 0 Å². The number of hydrogen-bond donors (Lipinski definition) is 1. The third kappa shape index (κ3) is 4.55. The Hall–Kier alpha value is -2.98. The van der Waals surface area contributed by atoms with E-state index in [0.717, 1.165) is 11.3 Å². The Morgan fingerprint density at radius 1 is 0.923 bits per heavy atom. The third-order valence-electron chi connectivity index (χ3n) is 3.82. The Balaban J connectivity index is 1.59. The lowest BCUT2D eigenvalue weighted by Crippen LogP contribution is -2.11. The predicted octanol–water partition coefficient (Wildman–Crippen LogP) is 5.18. The van der Waals surface area contributed by atoms with Gasteiger partial charge in [-0.2, -0.15) is 0 Å². The molecule has 0 aliphatic carbocycles. The highest BCUT2D eigenvalue weighted by atomic mass is 35.5. The van der Waals surface area contributed by atoms with Crippen LogP contribution in [0.3, 0.4) is 0 Å². The van der Waals surface area contributed by atoms with Crippen LogP contribution in [0.4, 0.5) is 5.69 Å². The molecular formula is C21H18ClNO3. The quantitative estimate of drug-likeness (QED) is 0.653. The molecule has 0 saturated heterocycles. The first kappa shape index (κ1) is 17.8. The summed E-state index contributed by atoms with van der Waals surface area (Å²) in [6.07, 6.45) is 0. The molecule has 0 aromatic heterocycles. The molecular weight excluding hydrogens is 350 g/mol. The van der Waals surface area contributed by atoms with Crippen LogP contribution in [0.15, 0.2) is 72.8 Å². The molecule has 3 aromatic rings. The topological polar surface area (TPSA) is 47.6 Å². The fraction of sp³-hybridized carbons (Fsp3) is 0.0952. The van der Waals surface area contributed by atoms with E-state index >= 15 is 0 Å². The molecule has 5 heteroatoms. The van der Waals surface area contributed by atoms with Crippen molar-refractivity contribution >= 4 is 23.2 Å². The Labute approximate surface area is 157 Å². The second-order valence-electron chi connectivity index (χ2n) is 5.59. The van der Waals surface area contributed by atoms with E-state index in [1.807, 2.05) is 24.3 Å². The molecule has 0 aliphatic rings. The summed E-state index contributed by atoms with van der Waals surface area (Å²) in [7, 11) is 1.60. The number of carbonyl (C=O) groups excluding carboxylic acids is 1. The maximum absolute atomic E-state index is 12.3. The van der Waals surface area contributed by atoms with Crippen LogP contribution >= 0.6 is 11.6 Å². The number of ether oxygens (including phenoxy) is 2. The number of halogens is 1. The van der Waals surface area contributed by atoms with Gasteiger partial charge in [-0.15, -0.1) is 0 Å². The zero-order chi connectivity index (χ0) is 18.4. The molecule has 3 rings (SSSR count). The molecule has 0 atom stereocenters. The minimum atomic E-state index is -0.187. The Kier molecular flexibility index (Phi) is 5.77. The predicted molar refractivity (Wildman–Crippen MR) is 103 cm³/mol. The molecule has 0 bridgehead atoms. The number of anilines is 1. The van der Waals surface area contributed by atoms with E-state index in [2.05, 4.69) is 5.32 Å². The molecule has 0 radical (unpaired) electrons. The van der Waals surface area contributed by atoms with Gasteiger partial charge in [0.25, 0.3) is 5.91 Å². The summed E-state index contributed by atoms with van der Waals surface area (Å²) in [5.41, 5.74) is 2.16. The lowest BCUT2D eigenvalue weighted by atomic mass is 10.2. The lowest BCUT2D eigenvalue weighted by molar-refractivity contribution is 0.102. The van der Waals surface area contributed by atoms with Gasteiger partial charge in [-0.25, -0.2) is 0 Å². The van der Waals surface area contributed by atoms with E-state index < -0.39 is 0 Å². The van der Waals surface area contributed by atoms with Gasteiger partial charge in [-0.1, -0.05) is 29.8 Å². The van der Waals surface area contributed by atoms with Crippen LogP contribution in [0.25, 0.3) is 0 Å². The van der Waals surface area contributed by atoms with Gasteiger partial charge in [0.2, 0.25) is 0 Å². The number of amides is 1. The molecule has 3 aromatic carbocycles. The van der Waals surface area contributed by atoms with Gasteiger partial charge >= 0.3 is 0 Å². The first-order valence-corrected chi connectivity index (χ1v) is 8.45. The number of methoxy groups -OCH3 is 1. The van der Waals surface area contributed by atoms with Crippen molar-refractivity contribution < 1.29 is 14.3 Å². The summed E-state index contributed by atoms with van der Waals surface area (Å²) in [5.74, 6) is 1.22. The third-order valence-corrected chi connectivity index (χ3v) is 4.19. The van der Waals surface area contributed by atoms with Gasteiger partial charge in [0.15, 0.2) is 0 Å². The zero-order valence-electron chi connectivity index (χ0n) is 14.2. The number of nitrogens with one attached hydrogen (secondary N) is 1. The van der Waals surface area contributed by atoms with Crippen molar-refractivity contribution in [1.29, 1.82) is 0 Å². The highest BCUT2D eigenvalue weighted by Gasteiger charge is 2.07. The fourth-order valence-corrected chi connectivity index (χ4v) is 2.55. The van der Waals surface area contributed by atoms with Crippen molar-refractivity contribution in [3.63, 3.8) is 0 Å². The minimum absolute atomic E-state index is 0.187. The minimum Gasteiger partial charge on any atom is -0.497 e. The van der Waals surface area contributed by atoms with Crippen molar-refractivity contribution in [2.75, 3.05) is 12.4 Å². The van der Waals surface area contributed by atoms with Gasteiger partial charge in [-0.05, 0) is 54.6 Å². The molecule has 26 heavy (non-hydrogen) atoms. The summed E-state index contributed by atoms with van der Waals surface area (Å²) in [5, 5.41) is 3.51. The van der Waals surface area contributed by atoms with E-state index in [4.69, 9.17) is 21.1 Å². The molecule has 0 saturated carbocycles. The van der Waals surface area contributed by atoms with E-state index in [0.29, 0.717) is 28.6 Å². The standard InChI is InChI=1S/C21H18ClNO3/c1-25-18-12-8-17(9-13-18)23-21(24)15-6-10-19(11-7-15)26-14-16-4-2-3-5-20(16)22/h2-13H,14H2,1H3,(H,23,24). The van der Waals surface area contributed by atoms with Gasteiger partial charge in [-0.3, -0.25) is 4.79 Å². The van der Waals surface area contributed by atoms with Crippen LogP contribution in [-0.2, 0) is 6.61 Å².